The third-order valence-corrected chi connectivity index (χ3v) is 6.52. The topological polar surface area (TPSA) is 60.4 Å². The molecule has 0 atom stereocenters. The average Bonchev–Trinajstić information content (AvgIpc) is 3.03. The second-order valence-electron chi connectivity index (χ2n) is 6.38. The molecular weight excluding hydrogens is 518 g/mol. The zero-order chi connectivity index (χ0) is 20.5. The van der Waals surface area contributed by atoms with Crippen molar-refractivity contribution < 1.29 is 4.42 Å². The Balaban J connectivity index is 1.64. The van der Waals surface area contributed by atoms with E-state index in [2.05, 4.69) is 61.0 Å². The third-order valence-electron chi connectivity index (χ3n) is 4.18. The number of hydrogen-bond donors (Lipinski definition) is 0. The quantitative estimate of drug-likeness (QED) is 0.295. The van der Waals surface area contributed by atoms with Crippen molar-refractivity contribution in [3.05, 3.63) is 85.0 Å². The molecule has 0 radical (unpaired) electrons. The second kappa shape index (κ2) is 8.30. The minimum atomic E-state index is -0.232. The molecule has 0 aliphatic carbocycles. The van der Waals surface area contributed by atoms with Gasteiger partial charge in [0, 0.05) is 15.4 Å². The van der Waals surface area contributed by atoms with E-state index in [1.165, 1.54) is 28.2 Å². The first kappa shape index (κ1) is 20.1. The predicted molar refractivity (Wildman–Crippen MR) is 123 cm³/mol. The fourth-order valence-corrected chi connectivity index (χ4v) is 4.42. The molecular formula is C21H15Br2N3O2S. The Hall–Kier alpha value is -2.16. The van der Waals surface area contributed by atoms with Crippen molar-refractivity contribution in [1.29, 1.82) is 0 Å². The Morgan fingerprint density at radius 3 is 2.62 bits per heavy atom. The van der Waals surface area contributed by atoms with Gasteiger partial charge in [0.25, 0.3) is 5.56 Å². The lowest BCUT2D eigenvalue weighted by atomic mass is 10.2. The predicted octanol–water partition coefficient (Wildman–Crippen LogP) is 6.16. The largest absolute Gasteiger partial charge is 0.447 e. The zero-order valence-corrected chi connectivity index (χ0v) is 19.5. The molecule has 8 heteroatoms. The van der Waals surface area contributed by atoms with Gasteiger partial charge in [-0.1, -0.05) is 45.4 Å². The van der Waals surface area contributed by atoms with Crippen molar-refractivity contribution in [1.82, 2.24) is 9.66 Å². The molecule has 2 aromatic heterocycles. The summed E-state index contributed by atoms with van der Waals surface area (Å²) in [6, 6.07) is 15.4. The first-order chi connectivity index (χ1) is 13.9. The van der Waals surface area contributed by atoms with Crippen LogP contribution < -0.4 is 5.56 Å². The molecule has 0 saturated carbocycles. The van der Waals surface area contributed by atoms with Crippen LogP contribution in [-0.2, 0) is 0 Å². The molecule has 0 aliphatic heterocycles. The number of fused-ring (bicyclic) bond motifs is 1. The van der Waals surface area contributed by atoms with E-state index in [0.717, 1.165) is 18.9 Å². The number of furan rings is 1. The lowest BCUT2D eigenvalue weighted by molar-refractivity contribution is 0.465. The number of benzene rings is 2. The van der Waals surface area contributed by atoms with E-state index in [9.17, 15) is 4.79 Å². The first-order valence-corrected chi connectivity index (χ1v) is 11.1. The standard InChI is InChI=1S/C21H15Br2N3O2S/c1-12-3-6-16(7-4-12)29-21-18(23)10-15(28-21)11-24-26-13(2)25-19-8-5-14(22)9-17(19)20(26)27/h3-11H,1-2H3. The first-order valence-electron chi connectivity index (χ1n) is 8.68. The van der Waals surface area contributed by atoms with Crippen molar-refractivity contribution in [2.24, 2.45) is 5.10 Å². The van der Waals surface area contributed by atoms with E-state index in [0.29, 0.717) is 22.5 Å². The van der Waals surface area contributed by atoms with Crippen molar-refractivity contribution in [3.63, 3.8) is 0 Å². The molecule has 2 heterocycles. The van der Waals surface area contributed by atoms with Gasteiger partial charge in [-0.15, -0.1) is 0 Å². The Morgan fingerprint density at radius 2 is 1.86 bits per heavy atom. The maximum Gasteiger partial charge on any atom is 0.282 e. The van der Waals surface area contributed by atoms with E-state index in [1.807, 2.05) is 24.3 Å². The highest BCUT2D eigenvalue weighted by atomic mass is 79.9. The van der Waals surface area contributed by atoms with Gasteiger partial charge in [0.2, 0.25) is 0 Å². The van der Waals surface area contributed by atoms with Gasteiger partial charge in [0.15, 0.2) is 5.09 Å². The van der Waals surface area contributed by atoms with Gasteiger partial charge in [-0.2, -0.15) is 9.78 Å². The molecule has 0 N–H and O–H groups in total. The molecule has 5 nitrogen and oxygen atoms in total. The van der Waals surface area contributed by atoms with Gasteiger partial charge in [-0.25, -0.2) is 4.98 Å². The third kappa shape index (κ3) is 4.39. The van der Waals surface area contributed by atoms with Crippen LogP contribution in [0, 0.1) is 13.8 Å². The summed E-state index contributed by atoms with van der Waals surface area (Å²) in [5.74, 6) is 1.04. The van der Waals surface area contributed by atoms with Crippen LogP contribution in [0.2, 0.25) is 0 Å². The highest BCUT2D eigenvalue weighted by Gasteiger charge is 2.11. The zero-order valence-electron chi connectivity index (χ0n) is 15.5. The molecule has 146 valence electrons. The molecule has 2 aromatic carbocycles. The van der Waals surface area contributed by atoms with Crippen LogP contribution in [0.5, 0.6) is 0 Å². The summed E-state index contributed by atoms with van der Waals surface area (Å²) in [5, 5.41) is 5.53. The number of nitrogens with zero attached hydrogens (tertiary/aromatic N) is 3. The van der Waals surface area contributed by atoms with Crippen LogP contribution in [0.1, 0.15) is 17.1 Å². The summed E-state index contributed by atoms with van der Waals surface area (Å²) in [6.07, 6.45) is 1.52. The smallest absolute Gasteiger partial charge is 0.282 e. The number of rotatable bonds is 4. The van der Waals surface area contributed by atoms with Crippen LogP contribution in [-0.4, -0.2) is 15.9 Å². The van der Waals surface area contributed by atoms with Gasteiger partial charge in [0.05, 0.1) is 21.6 Å². The summed E-state index contributed by atoms with van der Waals surface area (Å²) >= 11 is 8.43. The van der Waals surface area contributed by atoms with Crippen molar-refractivity contribution in [2.75, 3.05) is 0 Å². The van der Waals surface area contributed by atoms with Gasteiger partial charge in [0.1, 0.15) is 11.6 Å². The number of halogens is 2. The van der Waals surface area contributed by atoms with Gasteiger partial charge >= 0.3 is 0 Å². The van der Waals surface area contributed by atoms with E-state index in [1.54, 1.807) is 19.1 Å². The molecule has 0 saturated heterocycles. The van der Waals surface area contributed by atoms with Gasteiger partial charge in [-0.05, 0) is 60.1 Å². The molecule has 0 aliphatic rings. The lowest BCUT2D eigenvalue weighted by Crippen LogP contribution is -2.20. The summed E-state index contributed by atoms with van der Waals surface area (Å²) in [6.45, 7) is 3.80. The minimum absolute atomic E-state index is 0.232. The molecule has 0 fully saturated rings. The van der Waals surface area contributed by atoms with Gasteiger partial charge < -0.3 is 4.42 Å². The maximum absolute atomic E-state index is 12.8. The second-order valence-corrected chi connectivity index (χ2v) is 9.20. The van der Waals surface area contributed by atoms with E-state index >= 15 is 0 Å². The average molecular weight is 533 g/mol. The molecule has 29 heavy (non-hydrogen) atoms. The van der Waals surface area contributed by atoms with Crippen molar-refractivity contribution in [3.8, 4) is 0 Å². The molecule has 0 amide bonds. The SMILES string of the molecule is Cc1ccc(Sc2oc(C=Nn3c(C)nc4ccc(Br)cc4c3=O)cc2Br)cc1. The van der Waals surface area contributed by atoms with Crippen LogP contribution in [0.25, 0.3) is 10.9 Å². The molecule has 0 bridgehead atoms. The monoisotopic (exact) mass is 531 g/mol. The lowest BCUT2D eigenvalue weighted by Gasteiger charge is -2.05. The van der Waals surface area contributed by atoms with E-state index in [4.69, 9.17) is 4.42 Å². The van der Waals surface area contributed by atoms with Crippen LogP contribution >= 0.6 is 43.6 Å². The fraction of sp³-hybridized carbons (Fsp3) is 0.0952. The summed E-state index contributed by atoms with van der Waals surface area (Å²) in [4.78, 5) is 18.3. The summed E-state index contributed by atoms with van der Waals surface area (Å²) < 4.78 is 8.80. The van der Waals surface area contributed by atoms with Crippen LogP contribution in [0.4, 0.5) is 0 Å². The molecule has 4 aromatic rings. The van der Waals surface area contributed by atoms with E-state index in [-0.39, 0.29) is 5.56 Å². The Morgan fingerprint density at radius 1 is 1.10 bits per heavy atom. The highest BCUT2D eigenvalue weighted by molar-refractivity contribution is 9.10. The number of aryl methyl sites for hydroxylation is 2. The minimum Gasteiger partial charge on any atom is -0.447 e. The van der Waals surface area contributed by atoms with Crippen molar-refractivity contribution >= 4 is 60.7 Å². The van der Waals surface area contributed by atoms with E-state index < -0.39 is 0 Å². The normalized spacial score (nSPS) is 11.6. The number of aromatic nitrogens is 2. The van der Waals surface area contributed by atoms with Crippen LogP contribution in [0.3, 0.4) is 0 Å². The summed E-state index contributed by atoms with van der Waals surface area (Å²) in [7, 11) is 0. The number of hydrogen-bond acceptors (Lipinski definition) is 5. The van der Waals surface area contributed by atoms with Gasteiger partial charge in [-0.3, -0.25) is 4.79 Å². The summed E-state index contributed by atoms with van der Waals surface area (Å²) in [5.41, 5.74) is 1.61. The Kier molecular flexibility index (Phi) is 5.76. The maximum atomic E-state index is 12.8. The molecule has 0 unspecified atom stereocenters. The Labute approximate surface area is 188 Å². The molecule has 0 spiro atoms. The van der Waals surface area contributed by atoms with Crippen LogP contribution in [0.15, 0.2) is 81.8 Å². The Bertz CT molecular complexity index is 1290. The fourth-order valence-electron chi connectivity index (χ4n) is 2.73. The highest BCUT2D eigenvalue weighted by Crippen LogP contribution is 2.35. The van der Waals surface area contributed by atoms with Crippen molar-refractivity contribution in [2.45, 2.75) is 23.8 Å². The molecule has 4 rings (SSSR count).